The molecule has 2 fully saturated rings. The molecule has 2 aliphatic rings. The minimum absolute atomic E-state index is 0.415. The molecule has 1 aromatic carbocycles. The van der Waals surface area contributed by atoms with Gasteiger partial charge in [-0.2, -0.15) is 0 Å². The molecule has 110 valence electrons. The van der Waals surface area contributed by atoms with E-state index in [1.165, 1.54) is 63.7 Å². The third-order valence-corrected chi connectivity index (χ3v) is 5.20. The number of hydrogen-bond donors (Lipinski definition) is 1. The molecule has 0 amide bonds. The van der Waals surface area contributed by atoms with Gasteiger partial charge >= 0.3 is 0 Å². The Morgan fingerprint density at radius 2 is 1.90 bits per heavy atom. The zero-order valence-corrected chi connectivity index (χ0v) is 12.8. The van der Waals surface area contributed by atoms with Crippen LogP contribution in [0.4, 0.5) is 0 Å². The summed E-state index contributed by atoms with van der Waals surface area (Å²) in [6.45, 7) is 6.00. The molecule has 2 nitrogen and oxygen atoms in total. The van der Waals surface area contributed by atoms with Crippen LogP contribution in [-0.2, 0) is 0 Å². The number of hydrogen-bond acceptors (Lipinski definition) is 2. The zero-order chi connectivity index (χ0) is 13.8. The molecule has 1 heterocycles. The minimum Gasteiger partial charge on any atom is -0.310 e. The summed E-state index contributed by atoms with van der Waals surface area (Å²) in [6.07, 6.45) is 8.04. The predicted molar refractivity (Wildman–Crippen MR) is 84.9 cm³/mol. The van der Waals surface area contributed by atoms with Crippen molar-refractivity contribution in [3.8, 4) is 0 Å². The van der Waals surface area contributed by atoms with Crippen LogP contribution in [0.2, 0.25) is 0 Å². The van der Waals surface area contributed by atoms with Crippen LogP contribution in [0.1, 0.15) is 57.1 Å². The lowest BCUT2D eigenvalue weighted by Crippen LogP contribution is -2.49. The minimum atomic E-state index is 0.415. The zero-order valence-electron chi connectivity index (χ0n) is 12.8. The van der Waals surface area contributed by atoms with E-state index in [0.29, 0.717) is 11.6 Å². The molecule has 2 heteroatoms. The Morgan fingerprint density at radius 3 is 2.60 bits per heavy atom. The van der Waals surface area contributed by atoms with Gasteiger partial charge in [0.05, 0.1) is 0 Å². The van der Waals surface area contributed by atoms with Crippen molar-refractivity contribution in [3.63, 3.8) is 0 Å². The molecule has 1 atom stereocenters. The number of nitrogens with one attached hydrogen (secondary N) is 1. The fourth-order valence-corrected chi connectivity index (χ4v) is 4.19. The van der Waals surface area contributed by atoms with Gasteiger partial charge in [-0.25, -0.2) is 0 Å². The number of rotatable bonds is 3. The molecule has 1 saturated carbocycles. The van der Waals surface area contributed by atoms with Crippen molar-refractivity contribution < 1.29 is 0 Å². The van der Waals surface area contributed by atoms with E-state index in [1.807, 2.05) is 0 Å². The van der Waals surface area contributed by atoms with Gasteiger partial charge in [-0.15, -0.1) is 0 Å². The maximum Gasteiger partial charge on any atom is 0.0346 e. The third kappa shape index (κ3) is 2.91. The van der Waals surface area contributed by atoms with Crippen molar-refractivity contribution in [2.75, 3.05) is 19.6 Å². The highest BCUT2D eigenvalue weighted by atomic mass is 15.2. The van der Waals surface area contributed by atoms with E-state index in [2.05, 4.69) is 47.5 Å². The summed E-state index contributed by atoms with van der Waals surface area (Å²) in [7, 11) is 0. The molecular formula is C18H28N2. The van der Waals surface area contributed by atoms with Gasteiger partial charge in [-0.1, -0.05) is 50.1 Å². The average Bonchev–Trinajstić information content (AvgIpc) is 2.83. The van der Waals surface area contributed by atoms with Crippen LogP contribution >= 0.6 is 0 Å². The summed E-state index contributed by atoms with van der Waals surface area (Å²) in [5.74, 6) is 0. The smallest absolute Gasteiger partial charge is 0.0346 e. The molecular weight excluding hydrogens is 244 g/mol. The van der Waals surface area contributed by atoms with Crippen molar-refractivity contribution in [1.82, 2.24) is 10.2 Å². The van der Waals surface area contributed by atoms with Crippen molar-refractivity contribution in [3.05, 3.63) is 35.9 Å². The average molecular weight is 272 g/mol. The number of nitrogens with zero attached hydrogens (tertiary/aromatic N) is 1. The van der Waals surface area contributed by atoms with Crippen LogP contribution < -0.4 is 5.32 Å². The molecule has 1 aliphatic carbocycles. The molecule has 3 rings (SSSR count). The van der Waals surface area contributed by atoms with E-state index in [9.17, 15) is 0 Å². The van der Waals surface area contributed by atoms with Crippen LogP contribution in [0.5, 0.6) is 0 Å². The first kappa shape index (κ1) is 14.1. The summed E-state index contributed by atoms with van der Waals surface area (Å²) >= 11 is 0. The summed E-state index contributed by atoms with van der Waals surface area (Å²) in [6, 6.07) is 11.7. The normalized spacial score (nSPS) is 24.6. The SMILES string of the molecule is CCC(c1ccccc1)N1CCCNC2(CCCC2)C1. The topological polar surface area (TPSA) is 15.3 Å². The Labute approximate surface area is 123 Å². The predicted octanol–water partition coefficient (Wildman–Crippen LogP) is 3.75. The fourth-order valence-electron chi connectivity index (χ4n) is 4.19. The Kier molecular flexibility index (Phi) is 4.42. The third-order valence-electron chi connectivity index (χ3n) is 5.20. The van der Waals surface area contributed by atoms with E-state index < -0.39 is 0 Å². The first-order valence-corrected chi connectivity index (χ1v) is 8.37. The van der Waals surface area contributed by atoms with Crippen LogP contribution in [0.15, 0.2) is 30.3 Å². The second-order valence-electron chi connectivity index (χ2n) is 6.57. The molecule has 0 aromatic heterocycles. The molecule has 1 saturated heterocycles. The summed E-state index contributed by atoms with van der Waals surface area (Å²) in [5, 5.41) is 3.88. The van der Waals surface area contributed by atoms with Gasteiger partial charge in [0.25, 0.3) is 0 Å². The van der Waals surface area contributed by atoms with Gasteiger partial charge in [-0.3, -0.25) is 4.90 Å². The molecule has 0 radical (unpaired) electrons. The van der Waals surface area contributed by atoms with Crippen molar-refractivity contribution >= 4 is 0 Å². The van der Waals surface area contributed by atoms with E-state index in [4.69, 9.17) is 0 Å². The Hall–Kier alpha value is -0.860. The molecule has 0 bridgehead atoms. The van der Waals surface area contributed by atoms with Crippen LogP contribution in [0.25, 0.3) is 0 Å². The summed E-state index contributed by atoms with van der Waals surface area (Å²) in [5.41, 5.74) is 1.91. The lowest BCUT2D eigenvalue weighted by molar-refractivity contribution is 0.152. The van der Waals surface area contributed by atoms with E-state index in [0.717, 1.165) is 0 Å². The standard InChI is InChI=1S/C18H28N2/c1-2-17(16-9-4-3-5-10-16)20-14-8-13-19-18(15-20)11-6-7-12-18/h3-5,9-10,17,19H,2,6-8,11-15H2,1H3. The maximum absolute atomic E-state index is 3.88. The molecule has 1 aromatic rings. The first-order valence-electron chi connectivity index (χ1n) is 8.37. The second kappa shape index (κ2) is 6.28. The van der Waals surface area contributed by atoms with Gasteiger partial charge in [0.15, 0.2) is 0 Å². The highest BCUT2D eigenvalue weighted by Gasteiger charge is 2.37. The lowest BCUT2D eigenvalue weighted by atomic mass is 9.94. The largest absolute Gasteiger partial charge is 0.310 e. The van der Waals surface area contributed by atoms with Gasteiger partial charge in [0, 0.05) is 24.7 Å². The van der Waals surface area contributed by atoms with Crippen molar-refractivity contribution in [2.24, 2.45) is 0 Å². The van der Waals surface area contributed by atoms with Gasteiger partial charge < -0.3 is 5.32 Å². The van der Waals surface area contributed by atoms with Crippen molar-refractivity contribution in [2.45, 2.75) is 57.0 Å². The quantitative estimate of drug-likeness (QED) is 0.901. The maximum atomic E-state index is 3.88. The number of benzene rings is 1. The van der Waals surface area contributed by atoms with Gasteiger partial charge in [0.1, 0.15) is 0 Å². The van der Waals surface area contributed by atoms with Crippen LogP contribution in [0.3, 0.4) is 0 Å². The van der Waals surface area contributed by atoms with Crippen molar-refractivity contribution in [1.29, 1.82) is 0 Å². The van der Waals surface area contributed by atoms with E-state index in [-0.39, 0.29) is 0 Å². The highest BCUT2D eigenvalue weighted by molar-refractivity contribution is 5.19. The Morgan fingerprint density at radius 1 is 1.15 bits per heavy atom. The van der Waals surface area contributed by atoms with E-state index in [1.54, 1.807) is 0 Å². The molecule has 20 heavy (non-hydrogen) atoms. The second-order valence-corrected chi connectivity index (χ2v) is 6.57. The van der Waals surface area contributed by atoms with Crippen LogP contribution in [0, 0.1) is 0 Å². The summed E-state index contributed by atoms with van der Waals surface area (Å²) in [4.78, 5) is 2.75. The monoisotopic (exact) mass is 272 g/mol. The van der Waals surface area contributed by atoms with Gasteiger partial charge in [-0.05, 0) is 37.8 Å². The summed E-state index contributed by atoms with van der Waals surface area (Å²) < 4.78 is 0. The first-order chi connectivity index (χ1) is 9.83. The molecule has 1 unspecified atom stereocenters. The van der Waals surface area contributed by atoms with E-state index >= 15 is 0 Å². The van der Waals surface area contributed by atoms with Crippen LogP contribution in [-0.4, -0.2) is 30.1 Å². The highest BCUT2D eigenvalue weighted by Crippen LogP contribution is 2.35. The van der Waals surface area contributed by atoms with Gasteiger partial charge in [0.2, 0.25) is 0 Å². The Balaban J connectivity index is 1.79. The molecule has 1 spiro atoms. The Bertz CT molecular complexity index is 409. The molecule has 1 aliphatic heterocycles. The molecule has 1 N–H and O–H groups in total. The lowest BCUT2D eigenvalue weighted by Gasteiger charge is -2.37. The fraction of sp³-hybridized carbons (Fsp3) is 0.667.